The van der Waals surface area contributed by atoms with E-state index in [1.165, 1.54) is 10.4 Å². The molecule has 0 spiro atoms. The molecule has 2 aromatic heterocycles. The van der Waals surface area contributed by atoms with Gasteiger partial charge in [0.2, 0.25) is 5.89 Å². The van der Waals surface area contributed by atoms with E-state index in [0.29, 0.717) is 18.3 Å². The van der Waals surface area contributed by atoms with Gasteiger partial charge in [-0.05, 0) is 38.8 Å². The molecule has 3 heterocycles. The number of aryl methyl sites for hydroxylation is 2. The van der Waals surface area contributed by atoms with E-state index in [4.69, 9.17) is 9.15 Å². The Hall–Kier alpha value is -1.24. The minimum Gasteiger partial charge on any atom is -0.419 e. The summed E-state index contributed by atoms with van der Waals surface area (Å²) in [6.07, 6.45) is 1.54. The summed E-state index contributed by atoms with van der Waals surface area (Å²) in [7, 11) is 0. The van der Waals surface area contributed by atoms with Crippen LogP contribution in [0.15, 0.2) is 10.5 Å². The Bertz CT molecular complexity index is 627. The first-order valence-electron chi connectivity index (χ1n) is 7.85. The Morgan fingerprint density at radius 1 is 1.27 bits per heavy atom. The van der Waals surface area contributed by atoms with Crippen LogP contribution >= 0.6 is 11.3 Å². The van der Waals surface area contributed by atoms with Crippen molar-refractivity contribution in [3.8, 4) is 10.8 Å². The van der Waals surface area contributed by atoms with Gasteiger partial charge in [0.15, 0.2) is 0 Å². The standard InChI is InChI=1S/C16H23N3O2S/c1-5-13-10(2)6-14(22-13)16-18-17-15(21-16)9-19-7-11(3)20-12(4)8-19/h6,11-12H,5,7-9H2,1-4H3. The summed E-state index contributed by atoms with van der Waals surface area (Å²) in [5.41, 5.74) is 1.30. The number of rotatable bonds is 4. The Kier molecular flexibility index (Phi) is 4.61. The second-order valence-corrected chi connectivity index (χ2v) is 7.16. The van der Waals surface area contributed by atoms with E-state index in [9.17, 15) is 0 Å². The van der Waals surface area contributed by atoms with E-state index in [1.54, 1.807) is 11.3 Å². The first-order valence-corrected chi connectivity index (χ1v) is 8.66. The van der Waals surface area contributed by atoms with Gasteiger partial charge in [-0.1, -0.05) is 6.92 Å². The molecule has 1 saturated heterocycles. The first-order chi connectivity index (χ1) is 10.5. The van der Waals surface area contributed by atoms with Crippen LogP contribution in [0.4, 0.5) is 0 Å². The largest absolute Gasteiger partial charge is 0.419 e. The Morgan fingerprint density at radius 3 is 2.64 bits per heavy atom. The number of ether oxygens (including phenoxy) is 1. The first kappa shape index (κ1) is 15.6. The minimum atomic E-state index is 0.248. The predicted octanol–water partition coefficient (Wildman–Crippen LogP) is 3.28. The molecule has 120 valence electrons. The van der Waals surface area contributed by atoms with Gasteiger partial charge in [-0.25, -0.2) is 0 Å². The number of thiophene rings is 1. The molecule has 2 unspecified atom stereocenters. The van der Waals surface area contributed by atoms with Crippen LogP contribution in [0.3, 0.4) is 0 Å². The lowest BCUT2D eigenvalue weighted by molar-refractivity contribution is -0.0721. The van der Waals surface area contributed by atoms with Crippen LogP contribution in [-0.2, 0) is 17.7 Å². The van der Waals surface area contributed by atoms with Crippen molar-refractivity contribution in [3.63, 3.8) is 0 Å². The normalized spacial score (nSPS) is 23.1. The topological polar surface area (TPSA) is 51.4 Å². The van der Waals surface area contributed by atoms with Crippen molar-refractivity contribution in [2.45, 2.75) is 52.9 Å². The van der Waals surface area contributed by atoms with Crippen molar-refractivity contribution in [2.24, 2.45) is 0 Å². The lowest BCUT2D eigenvalue weighted by Crippen LogP contribution is -2.44. The van der Waals surface area contributed by atoms with Crippen molar-refractivity contribution in [2.75, 3.05) is 13.1 Å². The maximum atomic E-state index is 5.86. The molecule has 1 aliphatic rings. The fraction of sp³-hybridized carbons (Fsp3) is 0.625. The SMILES string of the molecule is CCc1sc(-c2nnc(CN3CC(C)OC(C)C3)o2)cc1C. The predicted molar refractivity (Wildman–Crippen MR) is 87.0 cm³/mol. The summed E-state index contributed by atoms with van der Waals surface area (Å²) in [4.78, 5) is 4.76. The number of hydrogen-bond donors (Lipinski definition) is 0. The molecular weight excluding hydrogens is 298 g/mol. The highest BCUT2D eigenvalue weighted by molar-refractivity contribution is 7.15. The fourth-order valence-corrected chi connectivity index (χ4v) is 4.03. The second-order valence-electron chi connectivity index (χ2n) is 6.02. The summed E-state index contributed by atoms with van der Waals surface area (Å²) in [6.45, 7) is 11.0. The lowest BCUT2D eigenvalue weighted by Gasteiger charge is -2.34. The van der Waals surface area contributed by atoms with E-state index >= 15 is 0 Å². The van der Waals surface area contributed by atoms with E-state index in [-0.39, 0.29) is 12.2 Å². The molecule has 0 aliphatic carbocycles. The molecule has 0 N–H and O–H groups in total. The number of aromatic nitrogens is 2. The molecular formula is C16H23N3O2S. The highest BCUT2D eigenvalue weighted by Gasteiger charge is 2.24. The summed E-state index contributed by atoms with van der Waals surface area (Å²) in [5, 5.41) is 8.42. The zero-order valence-corrected chi connectivity index (χ0v) is 14.4. The third kappa shape index (κ3) is 3.39. The van der Waals surface area contributed by atoms with Gasteiger partial charge in [0.1, 0.15) is 0 Å². The molecule has 0 bridgehead atoms. The zero-order valence-electron chi connectivity index (χ0n) is 13.6. The molecule has 1 fully saturated rings. The van der Waals surface area contributed by atoms with Gasteiger partial charge >= 0.3 is 0 Å². The fourth-order valence-electron chi connectivity index (χ4n) is 3.00. The van der Waals surface area contributed by atoms with Crippen LogP contribution in [-0.4, -0.2) is 40.4 Å². The highest BCUT2D eigenvalue weighted by atomic mass is 32.1. The van der Waals surface area contributed by atoms with Crippen molar-refractivity contribution >= 4 is 11.3 Å². The van der Waals surface area contributed by atoms with Crippen LogP contribution in [0, 0.1) is 6.92 Å². The summed E-state index contributed by atoms with van der Waals surface area (Å²) >= 11 is 1.74. The minimum absolute atomic E-state index is 0.248. The van der Waals surface area contributed by atoms with Crippen LogP contribution in [0.1, 0.15) is 37.1 Å². The Labute approximate surface area is 135 Å². The average Bonchev–Trinajstić information content (AvgIpc) is 3.04. The summed E-state index contributed by atoms with van der Waals surface area (Å²) in [6, 6.07) is 2.14. The van der Waals surface area contributed by atoms with Gasteiger partial charge in [0.05, 0.1) is 23.6 Å². The molecule has 2 aromatic rings. The molecule has 6 heteroatoms. The summed E-state index contributed by atoms with van der Waals surface area (Å²) < 4.78 is 11.6. The molecule has 0 saturated carbocycles. The third-order valence-corrected chi connectivity index (χ3v) is 5.24. The second kappa shape index (κ2) is 6.48. The Morgan fingerprint density at radius 2 is 2.00 bits per heavy atom. The van der Waals surface area contributed by atoms with E-state index < -0.39 is 0 Å². The van der Waals surface area contributed by atoms with Gasteiger partial charge in [0, 0.05) is 18.0 Å². The number of morpholine rings is 1. The molecule has 0 amide bonds. The molecule has 0 radical (unpaired) electrons. The molecule has 3 rings (SSSR count). The van der Waals surface area contributed by atoms with Gasteiger partial charge in [-0.2, -0.15) is 0 Å². The average molecular weight is 321 g/mol. The summed E-state index contributed by atoms with van der Waals surface area (Å²) in [5.74, 6) is 1.32. The number of nitrogens with zero attached hydrogens (tertiary/aromatic N) is 3. The molecule has 1 aliphatic heterocycles. The lowest BCUT2D eigenvalue weighted by atomic mass is 10.2. The smallest absolute Gasteiger partial charge is 0.257 e. The van der Waals surface area contributed by atoms with Crippen molar-refractivity contribution in [1.29, 1.82) is 0 Å². The maximum Gasteiger partial charge on any atom is 0.257 e. The van der Waals surface area contributed by atoms with E-state index in [0.717, 1.165) is 24.4 Å². The molecule has 0 aromatic carbocycles. The van der Waals surface area contributed by atoms with Gasteiger partial charge < -0.3 is 9.15 Å². The number of hydrogen-bond acceptors (Lipinski definition) is 6. The van der Waals surface area contributed by atoms with Crippen molar-refractivity contribution in [3.05, 3.63) is 22.4 Å². The van der Waals surface area contributed by atoms with E-state index in [1.807, 2.05) is 0 Å². The van der Waals surface area contributed by atoms with Gasteiger partial charge in [-0.3, -0.25) is 4.90 Å². The molecule has 2 atom stereocenters. The van der Waals surface area contributed by atoms with Crippen LogP contribution < -0.4 is 0 Å². The van der Waals surface area contributed by atoms with Gasteiger partial charge in [-0.15, -0.1) is 21.5 Å². The van der Waals surface area contributed by atoms with Crippen LogP contribution in [0.25, 0.3) is 10.8 Å². The zero-order chi connectivity index (χ0) is 15.7. The molecule has 22 heavy (non-hydrogen) atoms. The quantitative estimate of drug-likeness (QED) is 0.865. The maximum absolute atomic E-state index is 5.86. The Balaban J connectivity index is 1.70. The van der Waals surface area contributed by atoms with Gasteiger partial charge in [0.25, 0.3) is 5.89 Å². The third-order valence-electron chi connectivity index (χ3n) is 3.87. The van der Waals surface area contributed by atoms with Crippen LogP contribution in [0.2, 0.25) is 0 Å². The monoisotopic (exact) mass is 321 g/mol. The van der Waals surface area contributed by atoms with Crippen molar-refractivity contribution in [1.82, 2.24) is 15.1 Å². The van der Waals surface area contributed by atoms with E-state index in [2.05, 4.69) is 48.9 Å². The molecule has 5 nitrogen and oxygen atoms in total. The van der Waals surface area contributed by atoms with Crippen molar-refractivity contribution < 1.29 is 9.15 Å². The van der Waals surface area contributed by atoms with Crippen LogP contribution in [0.5, 0.6) is 0 Å². The highest BCUT2D eigenvalue weighted by Crippen LogP contribution is 2.30.